The van der Waals surface area contributed by atoms with Crippen LogP contribution in [0.15, 0.2) is 42.5 Å². The van der Waals surface area contributed by atoms with Crippen LogP contribution in [-0.4, -0.2) is 68.4 Å². The first-order valence-corrected chi connectivity index (χ1v) is 13.2. The summed E-state index contributed by atoms with van der Waals surface area (Å²) in [7, 11) is 0. The molecule has 0 aliphatic carbocycles. The van der Waals surface area contributed by atoms with Gasteiger partial charge in [-0.15, -0.1) is 0 Å². The van der Waals surface area contributed by atoms with Gasteiger partial charge in [0.25, 0.3) is 0 Å². The molecule has 44 heavy (non-hydrogen) atoms. The minimum Gasteiger partial charge on any atom is -0.508 e. The van der Waals surface area contributed by atoms with Crippen molar-refractivity contribution in [3.8, 4) is 69.0 Å². The van der Waals surface area contributed by atoms with Crippen LogP contribution in [0.5, 0.6) is 69.0 Å². The lowest BCUT2D eigenvalue weighted by Gasteiger charge is -2.50. The normalized spacial score (nSPS) is 24.6. The zero-order valence-corrected chi connectivity index (χ0v) is 22.2. The van der Waals surface area contributed by atoms with E-state index < -0.39 is 81.8 Å². The Bertz CT molecular complexity index is 1840. The predicted molar refractivity (Wildman–Crippen MR) is 145 cm³/mol. The monoisotopic (exact) mass is 608 g/mol. The van der Waals surface area contributed by atoms with E-state index in [0.717, 1.165) is 36.4 Å². The average Bonchev–Trinajstić information content (AvgIpc) is 2.94. The van der Waals surface area contributed by atoms with Crippen molar-refractivity contribution in [2.45, 2.75) is 36.4 Å². The van der Waals surface area contributed by atoms with Gasteiger partial charge in [-0.25, -0.2) is 0 Å². The minimum absolute atomic E-state index is 0.0261. The van der Waals surface area contributed by atoms with E-state index in [0.29, 0.717) is 0 Å². The third-order valence-electron chi connectivity index (χ3n) is 8.22. The number of aliphatic hydroxyl groups is 2. The number of rotatable bonds is 2. The largest absolute Gasteiger partial charge is 0.508 e. The van der Waals surface area contributed by atoms with E-state index in [9.17, 15) is 56.2 Å². The van der Waals surface area contributed by atoms with Crippen LogP contribution in [0.2, 0.25) is 0 Å². The van der Waals surface area contributed by atoms with E-state index in [-0.39, 0.29) is 51.5 Å². The lowest BCUT2D eigenvalue weighted by Crippen LogP contribution is -2.57. The highest BCUT2D eigenvalue weighted by Crippen LogP contribution is 2.62. The number of hydrogen-bond donors (Lipinski definition) is 11. The first-order valence-electron chi connectivity index (χ1n) is 13.2. The summed E-state index contributed by atoms with van der Waals surface area (Å²) in [5, 5.41) is 116. The molecule has 0 spiro atoms. The molecule has 11 N–H and O–H groups in total. The molecular formula is C30H24O14. The van der Waals surface area contributed by atoms with Crippen LogP contribution in [0, 0.1) is 0 Å². The molecule has 1 unspecified atom stereocenters. The molecule has 0 radical (unpaired) electrons. The van der Waals surface area contributed by atoms with Crippen LogP contribution in [0.25, 0.3) is 0 Å². The van der Waals surface area contributed by atoms with Crippen molar-refractivity contribution in [2.24, 2.45) is 0 Å². The van der Waals surface area contributed by atoms with Crippen LogP contribution in [0.3, 0.4) is 0 Å². The predicted octanol–water partition coefficient (Wildman–Crippen LogP) is 2.20. The molecule has 3 aliphatic heterocycles. The number of phenolic OH excluding ortho intramolecular Hbond substituents is 9. The van der Waals surface area contributed by atoms with Gasteiger partial charge in [-0.3, -0.25) is 0 Å². The zero-order valence-electron chi connectivity index (χ0n) is 22.2. The molecule has 0 saturated heterocycles. The molecule has 4 aromatic rings. The molecule has 3 aliphatic rings. The molecule has 4 aromatic carbocycles. The van der Waals surface area contributed by atoms with E-state index in [1.807, 2.05) is 0 Å². The van der Waals surface area contributed by atoms with Crippen LogP contribution >= 0.6 is 0 Å². The Morgan fingerprint density at radius 2 is 1.18 bits per heavy atom. The summed E-state index contributed by atoms with van der Waals surface area (Å²) in [5.74, 6) is -9.88. The van der Waals surface area contributed by atoms with Crippen molar-refractivity contribution in [1.82, 2.24) is 0 Å². The second-order valence-electron chi connectivity index (χ2n) is 10.9. The molecule has 5 atom stereocenters. The number of aromatic hydroxyl groups is 9. The van der Waals surface area contributed by atoms with Gasteiger partial charge < -0.3 is 70.4 Å². The summed E-state index contributed by atoms with van der Waals surface area (Å²) < 4.78 is 18.4. The Morgan fingerprint density at radius 3 is 1.80 bits per heavy atom. The van der Waals surface area contributed by atoms with Crippen molar-refractivity contribution in [1.29, 1.82) is 0 Å². The van der Waals surface area contributed by atoms with Gasteiger partial charge in [-0.2, -0.15) is 0 Å². The summed E-state index contributed by atoms with van der Waals surface area (Å²) in [4.78, 5) is 0. The first kappa shape index (κ1) is 27.2. The Hall–Kier alpha value is -5.60. The van der Waals surface area contributed by atoms with Crippen molar-refractivity contribution >= 4 is 0 Å². The molecule has 7 rings (SSSR count). The van der Waals surface area contributed by atoms with Crippen LogP contribution in [0.1, 0.15) is 39.8 Å². The van der Waals surface area contributed by atoms with Gasteiger partial charge in [0.1, 0.15) is 40.6 Å². The SMILES string of the molecule is Oc1cc(O)c2c(c1)O[C@]1(c3cc(O)c(O)c(O)c3)Oc3cc(O)c4c(c3[C@H]2C1O)O[C@@H](c1cc(O)c(O)c(O)c1)[C@H](O)C4. The number of phenols is 9. The Kier molecular flexibility index (Phi) is 5.54. The minimum atomic E-state index is -2.30. The fourth-order valence-corrected chi connectivity index (χ4v) is 6.23. The van der Waals surface area contributed by atoms with E-state index in [4.69, 9.17) is 14.2 Å². The Balaban J connectivity index is 1.48. The van der Waals surface area contributed by atoms with Crippen molar-refractivity contribution in [2.75, 3.05) is 0 Å². The smallest absolute Gasteiger partial charge is 0.305 e. The Labute approximate surface area is 246 Å². The van der Waals surface area contributed by atoms with Crippen LogP contribution < -0.4 is 14.2 Å². The summed E-state index contributed by atoms with van der Waals surface area (Å²) >= 11 is 0. The zero-order chi connectivity index (χ0) is 31.4. The first-order chi connectivity index (χ1) is 20.8. The number of ether oxygens (including phenoxy) is 3. The van der Waals surface area contributed by atoms with Crippen molar-refractivity contribution in [3.63, 3.8) is 0 Å². The van der Waals surface area contributed by atoms with Gasteiger partial charge in [-0.05, 0) is 24.3 Å². The van der Waals surface area contributed by atoms with Gasteiger partial charge in [0, 0.05) is 52.4 Å². The highest BCUT2D eigenvalue weighted by atomic mass is 16.7. The summed E-state index contributed by atoms with van der Waals surface area (Å²) in [6.07, 6.45) is -4.63. The molecule has 228 valence electrons. The molecule has 14 heteroatoms. The lowest BCUT2D eigenvalue weighted by molar-refractivity contribution is -0.219. The third kappa shape index (κ3) is 3.61. The Morgan fingerprint density at radius 1 is 0.614 bits per heavy atom. The quantitative estimate of drug-likeness (QED) is 0.146. The summed E-state index contributed by atoms with van der Waals surface area (Å²) in [6.45, 7) is 0. The third-order valence-corrected chi connectivity index (χ3v) is 8.22. The molecule has 0 amide bonds. The highest BCUT2D eigenvalue weighted by Gasteiger charge is 2.60. The fraction of sp³-hybridized carbons (Fsp3) is 0.200. The van der Waals surface area contributed by atoms with E-state index in [2.05, 4.69) is 0 Å². The van der Waals surface area contributed by atoms with E-state index in [1.54, 1.807) is 0 Å². The molecule has 3 heterocycles. The molecule has 0 fully saturated rings. The molecule has 14 nitrogen and oxygen atoms in total. The number of fused-ring (bicyclic) bond motifs is 8. The lowest BCUT2D eigenvalue weighted by atomic mass is 9.74. The maximum atomic E-state index is 11.9. The number of benzene rings is 4. The number of aliphatic hydroxyl groups excluding tert-OH is 2. The maximum absolute atomic E-state index is 11.9. The molecular weight excluding hydrogens is 584 g/mol. The van der Waals surface area contributed by atoms with Crippen LogP contribution in [-0.2, 0) is 12.2 Å². The van der Waals surface area contributed by atoms with E-state index >= 15 is 0 Å². The second kappa shape index (κ2) is 8.95. The average molecular weight is 609 g/mol. The topological polar surface area (TPSA) is 250 Å². The molecule has 0 saturated carbocycles. The second-order valence-corrected chi connectivity index (χ2v) is 10.9. The van der Waals surface area contributed by atoms with E-state index in [1.165, 1.54) is 6.07 Å². The molecule has 2 bridgehead atoms. The summed E-state index contributed by atoms with van der Waals surface area (Å²) in [5.41, 5.74) is -0.00268. The van der Waals surface area contributed by atoms with Crippen LogP contribution in [0.4, 0.5) is 0 Å². The maximum Gasteiger partial charge on any atom is 0.305 e. The standard InChI is InChI=1S/C30H24O14/c31-11-5-14(33)22-20(6-11)43-30(10-3-17(36)26(40)18(37)4-10)29(41)24(22)23-21(44-30)8-13(32)12-7-19(38)27(42-28(12)23)9-1-15(34)25(39)16(35)2-9/h1-6,8,19,24,27,29,31-41H,7H2/t19-,24+,27+,29?,30-/m1/s1. The van der Waals surface area contributed by atoms with Crippen molar-refractivity contribution < 1.29 is 70.4 Å². The highest BCUT2D eigenvalue weighted by molar-refractivity contribution is 5.68. The van der Waals surface area contributed by atoms with Crippen molar-refractivity contribution in [3.05, 3.63) is 70.3 Å². The van der Waals surface area contributed by atoms with Gasteiger partial charge in [0.15, 0.2) is 40.6 Å². The van der Waals surface area contributed by atoms with Gasteiger partial charge in [-0.1, -0.05) is 0 Å². The molecule has 0 aromatic heterocycles. The van der Waals surface area contributed by atoms with Gasteiger partial charge >= 0.3 is 5.79 Å². The fourth-order valence-electron chi connectivity index (χ4n) is 6.23. The number of hydrogen-bond acceptors (Lipinski definition) is 14. The van der Waals surface area contributed by atoms with Gasteiger partial charge in [0.05, 0.1) is 12.0 Å². The summed E-state index contributed by atoms with van der Waals surface area (Å²) in [6, 6.07) is 7.40. The van der Waals surface area contributed by atoms with Gasteiger partial charge in [0.2, 0.25) is 0 Å².